The highest BCUT2D eigenvalue weighted by molar-refractivity contribution is 8.00. The van der Waals surface area contributed by atoms with Crippen LogP contribution in [0, 0.1) is 5.82 Å². The molecule has 7 nitrogen and oxygen atoms in total. The number of nitrogens with two attached hydrogens (primary N) is 1. The molecule has 1 fully saturated rings. The van der Waals surface area contributed by atoms with E-state index in [0.29, 0.717) is 0 Å². The van der Waals surface area contributed by atoms with E-state index in [2.05, 4.69) is 4.98 Å². The van der Waals surface area contributed by atoms with Crippen molar-refractivity contribution in [2.45, 2.75) is 11.7 Å². The van der Waals surface area contributed by atoms with Crippen LogP contribution in [0.15, 0.2) is 11.0 Å². The van der Waals surface area contributed by atoms with E-state index in [-0.39, 0.29) is 5.75 Å². The van der Waals surface area contributed by atoms with Crippen LogP contribution in [-0.2, 0) is 9.53 Å². The second-order valence-corrected chi connectivity index (χ2v) is 4.35. The number of aliphatic carboxylic acids is 1. The maximum absolute atomic E-state index is 13.1. The molecule has 0 aliphatic carbocycles. The van der Waals surface area contributed by atoms with Crippen molar-refractivity contribution >= 4 is 23.5 Å². The summed E-state index contributed by atoms with van der Waals surface area (Å²) in [5.41, 5.74) is 3.28. The van der Waals surface area contributed by atoms with Crippen LogP contribution >= 0.6 is 11.8 Å². The molecule has 3 N–H and O–H groups in total. The minimum Gasteiger partial charge on any atom is -0.479 e. The molecule has 1 saturated heterocycles. The number of carboxylic acids is 1. The van der Waals surface area contributed by atoms with Crippen LogP contribution in [0.5, 0.6) is 0 Å². The molecule has 0 amide bonds. The largest absolute Gasteiger partial charge is 0.479 e. The van der Waals surface area contributed by atoms with Crippen LogP contribution in [0.2, 0.25) is 0 Å². The van der Waals surface area contributed by atoms with Crippen LogP contribution in [0.25, 0.3) is 0 Å². The SMILES string of the molecule is Nc1nc(=O)n(C2CSC(C(=O)O)O2)cc1F. The van der Waals surface area contributed by atoms with Gasteiger partial charge in [-0.3, -0.25) is 4.57 Å². The number of thioether (sulfide) groups is 1. The number of nitrogens with zero attached hydrogens (tertiary/aromatic N) is 2. The Kier molecular flexibility index (Phi) is 3.03. The summed E-state index contributed by atoms with van der Waals surface area (Å²) in [6.45, 7) is 0. The Morgan fingerprint density at radius 1 is 1.76 bits per heavy atom. The molecule has 0 radical (unpaired) electrons. The summed E-state index contributed by atoms with van der Waals surface area (Å²) in [7, 11) is 0. The smallest absolute Gasteiger partial charge is 0.351 e. The fourth-order valence-corrected chi connectivity index (χ4v) is 2.26. The molecule has 2 heterocycles. The van der Waals surface area contributed by atoms with Crippen LogP contribution in [0.4, 0.5) is 10.2 Å². The average Bonchev–Trinajstić information content (AvgIpc) is 2.72. The van der Waals surface area contributed by atoms with Gasteiger partial charge in [0.2, 0.25) is 5.44 Å². The van der Waals surface area contributed by atoms with E-state index in [1.807, 2.05) is 0 Å². The van der Waals surface area contributed by atoms with Crippen molar-refractivity contribution in [1.29, 1.82) is 0 Å². The summed E-state index contributed by atoms with van der Waals surface area (Å²) in [5, 5.41) is 8.70. The van der Waals surface area contributed by atoms with Gasteiger partial charge >= 0.3 is 11.7 Å². The summed E-state index contributed by atoms with van der Waals surface area (Å²) in [5.74, 6) is -2.26. The number of halogens is 1. The molecule has 0 aromatic carbocycles. The van der Waals surface area contributed by atoms with Crippen molar-refractivity contribution in [1.82, 2.24) is 9.55 Å². The van der Waals surface area contributed by atoms with Gasteiger partial charge in [0.25, 0.3) is 0 Å². The van der Waals surface area contributed by atoms with Crippen LogP contribution in [-0.4, -0.2) is 31.8 Å². The second kappa shape index (κ2) is 4.34. The van der Waals surface area contributed by atoms with Crippen LogP contribution < -0.4 is 11.4 Å². The van der Waals surface area contributed by atoms with Gasteiger partial charge in [0.15, 0.2) is 11.6 Å². The number of nitrogen functional groups attached to an aromatic ring is 1. The second-order valence-electron chi connectivity index (χ2n) is 3.26. The lowest BCUT2D eigenvalue weighted by atomic mass is 10.5. The number of anilines is 1. The Bertz CT molecular complexity index is 520. The number of aromatic nitrogens is 2. The lowest BCUT2D eigenvalue weighted by Crippen LogP contribution is -2.30. The first-order valence-electron chi connectivity index (χ1n) is 4.53. The number of hydrogen-bond acceptors (Lipinski definition) is 6. The van der Waals surface area contributed by atoms with Gasteiger partial charge in [-0.15, -0.1) is 11.8 Å². The number of rotatable bonds is 2. The molecule has 1 aromatic heterocycles. The van der Waals surface area contributed by atoms with Gasteiger partial charge in [0.1, 0.15) is 6.23 Å². The summed E-state index contributed by atoms with van der Waals surface area (Å²) in [4.78, 5) is 25.3. The zero-order valence-electron chi connectivity index (χ0n) is 8.37. The molecule has 0 bridgehead atoms. The third-order valence-corrected chi connectivity index (χ3v) is 3.21. The highest BCUT2D eigenvalue weighted by atomic mass is 32.2. The van der Waals surface area contributed by atoms with Gasteiger partial charge in [-0.2, -0.15) is 4.98 Å². The number of carboxylic acid groups (broad SMARTS) is 1. The van der Waals surface area contributed by atoms with Crippen molar-refractivity contribution in [3.63, 3.8) is 0 Å². The monoisotopic (exact) mass is 261 g/mol. The Hall–Kier alpha value is -1.61. The molecule has 2 rings (SSSR count). The van der Waals surface area contributed by atoms with Gasteiger partial charge < -0.3 is 15.6 Å². The van der Waals surface area contributed by atoms with Gasteiger partial charge in [0.05, 0.1) is 6.20 Å². The van der Waals surface area contributed by atoms with Crippen molar-refractivity contribution in [3.8, 4) is 0 Å². The molecule has 17 heavy (non-hydrogen) atoms. The Labute approximate surface area is 98.4 Å². The first kappa shape index (κ1) is 11.9. The van der Waals surface area contributed by atoms with Crippen molar-refractivity contribution in [3.05, 3.63) is 22.5 Å². The Balaban J connectivity index is 2.28. The van der Waals surface area contributed by atoms with Crippen LogP contribution in [0.3, 0.4) is 0 Å². The molecule has 0 spiro atoms. The topological polar surface area (TPSA) is 107 Å². The van der Waals surface area contributed by atoms with E-state index in [9.17, 15) is 14.0 Å². The summed E-state index contributed by atoms with van der Waals surface area (Å²) < 4.78 is 19.1. The Morgan fingerprint density at radius 2 is 2.47 bits per heavy atom. The normalized spacial score (nSPS) is 23.8. The molecule has 2 atom stereocenters. The maximum atomic E-state index is 13.1. The predicted molar refractivity (Wildman–Crippen MR) is 56.9 cm³/mol. The third kappa shape index (κ3) is 2.24. The molecule has 92 valence electrons. The van der Waals surface area contributed by atoms with Gasteiger partial charge in [0, 0.05) is 5.75 Å². The maximum Gasteiger partial charge on any atom is 0.351 e. The first-order chi connectivity index (χ1) is 7.99. The zero-order chi connectivity index (χ0) is 12.6. The molecule has 1 aromatic rings. The van der Waals surface area contributed by atoms with Crippen LogP contribution in [0.1, 0.15) is 6.23 Å². The minimum atomic E-state index is -1.14. The fraction of sp³-hybridized carbons (Fsp3) is 0.375. The number of ether oxygens (including phenoxy) is 1. The van der Waals surface area contributed by atoms with Crippen molar-refractivity contribution in [2.24, 2.45) is 0 Å². The van der Waals surface area contributed by atoms with Gasteiger partial charge in [-0.05, 0) is 0 Å². The lowest BCUT2D eigenvalue weighted by Gasteiger charge is -2.12. The Morgan fingerprint density at radius 3 is 3.06 bits per heavy atom. The van der Waals surface area contributed by atoms with Crippen molar-refractivity contribution in [2.75, 3.05) is 11.5 Å². The molecule has 2 unspecified atom stereocenters. The standard InChI is InChI=1S/C8H8FN3O4S/c9-3-1-12(8(15)11-5(3)10)4-2-17-7(16-4)6(13)14/h1,4,7H,2H2,(H,13,14)(H2,10,11,15). The van der Waals surface area contributed by atoms with E-state index in [4.69, 9.17) is 15.6 Å². The van der Waals surface area contributed by atoms with Gasteiger partial charge in [-0.25, -0.2) is 14.0 Å². The quantitative estimate of drug-likeness (QED) is 0.748. The average molecular weight is 261 g/mol. The van der Waals surface area contributed by atoms with E-state index >= 15 is 0 Å². The molecular weight excluding hydrogens is 253 g/mol. The van der Waals surface area contributed by atoms with Gasteiger partial charge in [-0.1, -0.05) is 0 Å². The van der Waals surface area contributed by atoms with E-state index in [0.717, 1.165) is 22.5 Å². The van der Waals surface area contributed by atoms with E-state index in [1.165, 1.54) is 0 Å². The molecule has 9 heteroatoms. The number of carbonyl (C=O) groups is 1. The lowest BCUT2D eigenvalue weighted by molar-refractivity contribution is -0.147. The summed E-state index contributed by atoms with van der Waals surface area (Å²) >= 11 is 1.01. The third-order valence-electron chi connectivity index (χ3n) is 2.12. The molecule has 1 aliphatic heterocycles. The zero-order valence-corrected chi connectivity index (χ0v) is 9.19. The minimum absolute atomic E-state index is 0.224. The van der Waals surface area contributed by atoms with E-state index < -0.39 is 35.0 Å². The predicted octanol–water partition coefficient (Wildman–Crippen LogP) is -0.363. The summed E-state index contributed by atoms with van der Waals surface area (Å²) in [6.07, 6.45) is 0.0105. The highest BCUT2D eigenvalue weighted by Crippen LogP contribution is 2.31. The highest BCUT2D eigenvalue weighted by Gasteiger charge is 2.33. The number of hydrogen-bond donors (Lipinski definition) is 2. The molecular formula is C8H8FN3O4S. The summed E-state index contributed by atoms with van der Waals surface area (Å²) in [6, 6.07) is 0. The van der Waals surface area contributed by atoms with Crippen molar-refractivity contribution < 1.29 is 19.0 Å². The first-order valence-corrected chi connectivity index (χ1v) is 5.58. The van der Waals surface area contributed by atoms with E-state index in [1.54, 1.807) is 0 Å². The fourth-order valence-electron chi connectivity index (χ4n) is 1.33. The molecule has 1 aliphatic rings. The molecule has 0 saturated carbocycles.